The fraction of sp³-hybridized carbons (Fsp3) is 0.0769. The highest BCUT2D eigenvalue weighted by Gasteiger charge is 2.15. The summed E-state index contributed by atoms with van der Waals surface area (Å²) in [5.41, 5.74) is 5.03. The molecule has 5 nitrogen and oxygen atoms in total. The highest BCUT2D eigenvalue weighted by Crippen LogP contribution is 2.23. The highest BCUT2D eigenvalue weighted by molar-refractivity contribution is 6.06. The van der Waals surface area contributed by atoms with Crippen molar-refractivity contribution in [1.29, 1.82) is 0 Å². The van der Waals surface area contributed by atoms with Crippen molar-refractivity contribution >= 4 is 17.3 Å². The number of halogens is 2. The molecule has 20 heavy (non-hydrogen) atoms. The summed E-state index contributed by atoms with van der Waals surface area (Å²) in [6.45, 7) is 0. The fourth-order valence-electron chi connectivity index (χ4n) is 1.58. The average Bonchev–Trinajstić information content (AvgIpc) is 2.44. The Morgan fingerprint density at radius 3 is 2.80 bits per heavy atom. The Hall–Kier alpha value is -2.70. The number of amides is 1. The zero-order valence-corrected chi connectivity index (χ0v) is 10.5. The molecule has 0 saturated carbocycles. The molecule has 0 aliphatic rings. The number of hydrogen-bond acceptors (Lipinski definition) is 4. The van der Waals surface area contributed by atoms with Gasteiger partial charge in [0.05, 0.1) is 30.2 Å². The Bertz CT molecular complexity index is 662. The smallest absolute Gasteiger partial charge is 0.259 e. The van der Waals surface area contributed by atoms with E-state index in [9.17, 15) is 13.6 Å². The lowest BCUT2D eigenvalue weighted by molar-refractivity contribution is 0.102. The van der Waals surface area contributed by atoms with E-state index in [1.54, 1.807) is 0 Å². The molecule has 0 fully saturated rings. The number of anilines is 2. The molecule has 0 spiro atoms. The first kappa shape index (κ1) is 13.7. The second kappa shape index (κ2) is 5.52. The van der Waals surface area contributed by atoms with Crippen LogP contribution in [0.5, 0.6) is 5.75 Å². The Balaban J connectivity index is 2.30. The Labute approximate surface area is 113 Å². The summed E-state index contributed by atoms with van der Waals surface area (Å²) >= 11 is 0. The molecule has 1 heterocycles. The Morgan fingerprint density at radius 2 is 2.10 bits per heavy atom. The third kappa shape index (κ3) is 2.66. The molecule has 0 aliphatic heterocycles. The third-order valence-electron chi connectivity index (χ3n) is 2.58. The van der Waals surface area contributed by atoms with Crippen LogP contribution in [0, 0.1) is 11.6 Å². The number of nitrogens with one attached hydrogen (secondary N) is 1. The molecule has 0 bridgehead atoms. The van der Waals surface area contributed by atoms with Gasteiger partial charge in [-0.3, -0.25) is 9.78 Å². The maximum Gasteiger partial charge on any atom is 0.259 e. The van der Waals surface area contributed by atoms with Crippen LogP contribution in [0.2, 0.25) is 0 Å². The molecule has 0 unspecified atom stereocenters. The normalized spacial score (nSPS) is 10.2. The number of pyridine rings is 1. The van der Waals surface area contributed by atoms with E-state index in [-0.39, 0.29) is 22.7 Å². The van der Waals surface area contributed by atoms with E-state index < -0.39 is 17.5 Å². The van der Waals surface area contributed by atoms with Crippen LogP contribution < -0.4 is 15.8 Å². The molecule has 1 aromatic heterocycles. The van der Waals surface area contributed by atoms with E-state index in [1.165, 1.54) is 25.6 Å². The number of ether oxygens (including phenoxy) is 1. The van der Waals surface area contributed by atoms with Crippen LogP contribution in [-0.2, 0) is 0 Å². The lowest BCUT2D eigenvalue weighted by atomic mass is 10.2. The predicted molar refractivity (Wildman–Crippen MR) is 69.5 cm³/mol. The zero-order chi connectivity index (χ0) is 14.7. The molecule has 0 atom stereocenters. The monoisotopic (exact) mass is 279 g/mol. The van der Waals surface area contributed by atoms with E-state index in [1.807, 2.05) is 0 Å². The maximum absolute atomic E-state index is 13.5. The summed E-state index contributed by atoms with van der Waals surface area (Å²) in [5.74, 6) is -2.19. The first-order chi connectivity index (χ1) is 9.52. The van der Waals surface area contributed by atoms with Crippen molar-refractivity contribution in [3.05, 3.63) is 47.8 Å². The molecule has 0 saturated heterocycles. The van der Waals surface area contributed by atoms with Crippen molar-refractivity contribution in [1.82, 2.24) is 4.98 Å². The predicted octanol–water partition coefficient (Wildman–Crippen LogP) is 2.20. The number of nitrogens with two attached hydrogens (primary N) is 1. The molecule has 2 aromatic rings. The van der Waals surface area contributed by atoms with Gasteiger partial charge in [0, 0.05) is 12.3 Å². The number of aromatic nitrogens is 1. The van der Waals surface area contributed by atoms with Gasteiger partial charge < -0.3 is 15.8 Å². The van der Waals surface area contributed by atoms with E-state index in [4.69, 9.17) is 10.5 Å². The van der Waals surface area contributed by atoms with Gasteiger partial charge in [-0.1, -0.05) is 0 Å². The van der Waals surface area contributed by atoms with Gasteiger partial charge in [0.1, 0.15) is 17.4 Å². The molecule has 3 N–H and O–H groups in total. The molecular formula is C13H11F2N3O2. The minimum Gasteiger partial charge on any atom is -0.494 e. The standard InChI is InChI=1S/C13H11F2N3O2/c1-20-12-6-17-3-2-7(12)13(19)18-11-5-10(16)8(14)4-9(11)15/h2-6H,16H2,1H3,(H,18,19). The zero-order valence-electron chi connectivity index (χ0n) is 10.5. The first-order valence-electron chi connectivity index (χ1n) is 5.56. The van der Waals surface area contributed by atoms with E-state index in [0.29, 0.717) is 6.07 Å². The summed E-state index contributed by atoms with van der Waals surface area (Å²) in [7, 11) is 1.38. The summed E-state index contributed by atoms with van der Waals surface area (Å²) < 4.78 is 31.5. The van der Waals surface area contributed by atoms with Crippen LogP contribution in [0.3, 0.4) is 0 Å². The fourth-order valence-corrected chi connectivity index (χ4v) is 1.58. The van der Waals surface area contributed by atoms with Gasteiger partial charge in [-0.2, -0.15) is 0 Å². The van der Waals surface area contributed by atoms with Crippen molar-refractivity contribution in [2.24, 2.45) is 0 Å². The second-order valence-electron chi connectivity index (χ2n) is 3.88. The van der Waals surface area contributed by atoms with Gasteiger partial charge in [-0.05, 0) is 12.1 Å². The molecule has 0 aliphatic carbocycles. The molecule has 0 radical (unpaired) electrons. The maximum atomic E-state index is 13.5. The minimum absolute atomic E-state index is 0.171. The van der Waals surface area contributed by atoms with E-state index in [0.717, 1.165) is 6.07 Å². The molecule has 7 heteroatoms. The third-order valence-corrected chi connectivity index (χ3v) is 2.58. The van der Waals surface area contributed by atoms with E-state index in [2.05, 4.69) is 10.3 Å². The highest BCUT2D eigenvalue weighted by atomic mass is 19.1. The average molecular weight is 279 g/mol. The number of benzene rings is 1. The van der Waals surface area contributed by atoms with Gasteiger partial charge in [-0.15, -0.1) is 0 Å². The van der Waals surface area contributed by atoms with Crippen LogP contribution >= 0.6 is 0 Å². The Morgan fingerprint density at radius 1 is 1.35 bits per heavy atom. The molecule has 104 valence electrons. The summed E-state index contributed by atoms with van der Waals surface area (Å²) in [5, 5.41) is 2.30. The number of hydrogen-bond donors (Lipinski definition) is 2. The minimum atomic E-state index is -0.918. The van der Waals surface area contributed by atoms with Crippen LogP contribution in [0.1, 0.15) is 10.4 Å². The van der Waals surface area contributed by atoms with Crippen molar-refractivity contribution in [2.45, 2.75) is 0 Å². The largest absolute Gasteiger partial charge is 0.494 e. The van der Waals surface area contributed by atoms with Crippen molar-refractivity contribution in [3.63, 3.8) is 0 Å². The number of carbonyl (C=O) groups is 1. The SMILES string of the molecule is COc1cnccc1C(=O)Nc1cc(N)c(F)cc1F. The number of nitrogen functional groups attached to an aromatic ring is 1. The topological polar surface area (TPSA) is 77.2 Å². The number of nitrogens with zero attached hydrogens (tertiary/aromatic N) is 1. The molecular weight excluding hydrogens is 268 g/mol. The summed E-state index contributed by atoms with van der Waals surface area (Å²) in [6, 6.07) is 3.03. The van der Waals surface area contributed by atoms with Crippen LogP contribution in [0.15, 0.2) is 30.6 Å². The van der Waals surface area contributed by atoms with Crippen molar-refractivity contribution < 1.29 is 18.3 Å². The Kier molecular flexibility index (Phi) is 3.79. The molecule has 1 amide bonds. The first-order valence-corrected chi connectivity index (χ1v) is 5.56. The van der Waals surface area contributed by atoms with Gasteiger partial charge in [0.15, 0.2) is 0 Å². The molecule has 1 aromatic carbocycles. The molecule has 2 rings (SSSR count). The number of rotatable bonds is 3. The summed E-state index contributed by atoms with van der Waals surface area (Å²) in [6.07, 6.45) is 2.75. The van der Waals surface area contributed by atoms with Crippen LogP contribution in [0.4, 0.5) is 20.2 Å². The number of methoxy groups -OCH3 is 1. The number of carbonyl (C=O) groups excluding carboxylic acids is 1. The van der Waals surface area contributed by atoms with Gasteiger partial charge in [-0.25, -0.2) is 8.78 Å². The van der Waals surface area contributed by atoms with Crippen LogP contribution in [0.25, 0.3) is 0 Å². The van der Waals surface area contributed by atoms with Gasteiger partial charge >= 0.3 is 0 Å². The quantitative estimate of drug-likeness (QED) is 0.844. The van der Waals surface area contributed by atoms with Gasteiger partial charge in [0.25, 0.3) is 5.91 Å². The summed E-state index contributed by atoms with van der Waals surface area (Å²) in [4.78, 5) is 15.8. The van der Waals surface area contributed by atoms with Crippen molar-refractivity contribution in [2.75, 3.05) is 18.2 Å². The van der Waals surface area contributed by atoms with Crippen LogP contribution in [-0.4, -0.2) is 18.0 Å². The lowest BCUT2D eigenvalue weighted by Crippen LogP contribution is -2.15. The van der Waals surface area contributed by atoms with E-state index >= 15 is 0 Å². The lowest BCUT2D eigenvalue weighted by Gasteiger charge is -2.10. The van der Waals surface area contributed by atoms with Crippen molar-refractivity contribution in [3.8, 4) is 5.75 Å². The van der Waals surface area contributed by atoms with Gasteiger partial charge in [0.2, 0.25) is 0 Å². The second-order valence-corrected chi connectivity index (χ2v) is 3.88.